The average molecular weight is 960 g/mol. The van der Waals surface area contributed by atoms with Crippen molar-refractivity contribution in [1.29, 1.82) is 5.41 Å². The van der Waals surface area contributed by atoms with Gasteiger partial charge in [-0.25, -0.2) is 19.4 Å². The number of nitrogen functional groups attached to an aromatic ring is 3. The third kappa shape index (κ3) is 13.5. The number of aliphatic hydroxyl groups excluding tert-OH is 1. The molecule has 0 amide bonds. The number of aliphatic hydroxyl groups is 1. The highest BCUT2D eigenvalue weighted by Crippen LogP contribution is 2.39. The van der Waals surface area contributed by atoms with Crippen molar-refractivity contribution in [1.82, 2.24) is 9.97 Å². The Morgan fingerprint density at radius 3 is 1.78 bits per heavy atom. The van der Waals surface area contributed by atoms with Crippen LogP contribution in [0.5, 0.6) is 0 Å². The lowest BCUT2D eigenvalue weighted by Gasteiger charge is -2.06. The predicted octanol–water partition coefficient (Wildman–Crippen LogP) is 7.13. The van der Waals surface area contributed by atoms with Crippen LogP contribution in [0.1, 0.15) is 75.4 Å². The number of hydrogen-bond donors (Lipinski definition) is 6. The Kier molecular flexibility index (Phi) is 18.5. The minimum absolute atomic E-state index is 0.0291. The minimum Gasteiger partial charge on any atom is -0.481 e. The molecule has 2 fully saturated rings. The molecule has 0 spiro atoms. The standard InChI is InChI=1S/C12H11BrN2O2.C8H7BrN2O4.C8H9BrN2O2.C6H11NO.CH4O/c1-17-12(16)8-4-7(13)5-9-10(8)15-11(14-9)6-2-3-6;1-15-8(12)5-2-4(9)3-6(7(5)10)11(13)14;1-13-8(12)5-2-4(9)3-6(10)7(5)11;1-2-8-6(7)5-3-4-5;1-2/h4-6H,2-3H2,1H3,(H,14,15);2-3H,10H2,1H3;2-3H,10-11H2,1H3;5,7H,2-4H2,1H3;2H,1H3. The van der Waals surface area contributed by atoms with E-state index in [1.807, 2.05) is 13.0 Å². The van der Waals surface area contributed by atoms with Crippen LogP contribution in [-0.4, -0.2) is 78.8 Å². The van der Waals surface area contributed by atoms with Gasteiger partial charge < -0.3 is 46.2 Å². The highest BCUT2D eigenvalue weighted by molar-refractivity contribution is 9.11. The van der Waals surface area contributed by atoms with Crippen LogP contribution in [0.4, 0.5) is 22.7 Å². The molecule has 3 aromatic carbocycles. The lowest BCUT2D eigenvalue weighted by atomic mass is 10.1. The number of nitro benzene ring substituents is 1. The van der Waals surface area contributed by atoms with Crippen molar-refractivity contribution in [2.24, 2.45) is 5.92 Å². The van der Waals surface area contributed by atoms with E-state index in [9.17, 15) is 24.5 Å². The molecule has 0 saturated heterocycles. The summed E-state index contributed by atoms with van der Waals surface area (Å²) >= 11 is 9.63. The van der Waals surface area contributed by atoms with E-state index in [4.69, 9.17) is 37.2 Å². The van der Waals surface area contributed by atoms with Gasteiger partial charge in [-0.2, -0.15) is 0 Å². The van der Waals surface area contributed by atoms with Crippen LogP contribution in [0.15, 0.2) is 49.8 Å². The van der Waals surface area contributed by atoms with Gasteiger partial charge in [0.1, 0.15) is 17.0 Å². The third-order valence-corrected chi connectivity index (χ3v) is 8.87. The van der Waals surface area contributed by atoms with E-state index >= 15 is 0 Å². The van der Waals surface area contributed by atoms with E-state index in [0.29, 0.717) is 50.1 Å². The summed E-state index contributed by atoms with van der Waals surface area (Å²) in [4.78, 5) is 51.8. The smallest absolute Gasteiger partial charge is 0.340 e. The van der Waals surface area contributed by atoms with Gasteiger partial charge in [0, 0.05) is 38.4 Å². The molecule has 1 heterocycles. The molecule has 2 saturated carbocycles. The van der Waals surface area contributed by atoms with E-state index < -0.39 is 16.9 Å². The van der Waals surface area contributed by atoms with E-state index in [1.54, 1.807) is 18.2 Å². The van der Waals surface area contributed by atoms with E-state index in [0.717, 1.165) is 22.9 Å². The summed E-state index contributed by atoms with van der Waals surface area (Å²) in [5.74, 6) is 0.921. The zero-order valence-electron chi connectivity index (χ0n) is 30.5. The summed E-state index contributed by atoms with van der Waals surface area (Å²) in [6.07, 6.45) is 4.68. The number of imidazole rings is 1. The number of carbonyl (C=O) groups excluding carboxylic acids is 3. The highest BCUT2D eigenvalue weighted by Gasteiger charge is 2.28. The van der Waals surface area contributed by atoms with Gasteiger partial charge in [0.25, 0.3) is 5.69 Å². The molecule has 17 nitrogen and oxygen atoms in total. The van der Waals surface area contributed by atoms with Gasteiger partial charge in [0.15, 0.2) is 5.90 Å². The number of ether oxygens (including phenoxy) is 4. The van der Waals surface area contributed by atoms with Crippen LogP contribution >= 0.6 is 47.8 Å². The van der Waals surface area contributed by atoms with Crippen LogP contribution in [0.25, 0.3) is 11.0 Å². The molecule has 0 bridgehead atoms. The number of aromatic nitrogens is 2. The normalized spacial score (nSPS) is 12.4. The molecule has 20 heteroatoms. The number of methoxy groups -OCH3 is 3. The molecular weight excluding hydrogens is 918 g/mol. The zero-order chi connectivity index (χ0) is 41.6. The number of halogens is 3. The largest absolute Gasteiger partial charge is 0.481 e. The number of nitrogens with two attached hydrogens (primary N) is 3. The monoisotopic (exact) mass is 957 g/mol. The Balaban J connectivity index is 0.000000256. The van der Waals surface area contributed by atoms with Gasteiger partial charge in [-0.3, -0.25) is 15.5 Å². The predicted molar refractivity (Wildman–Crippen MR) is 218 cm³/mol. The van der Waals surface area contributed by atoms with Crippen LogP contribution in [-0.2, 0) is 18.9 Å². The van der Waals surface area contributed by atoms with Crippen molar-refractivity contribution < 1.29 is 43.4 Å². The molecule has 9 N–H and O–H groups in total. The van der Waals surface area contributed by atoms with Crippen LogP contribution < -0.4 is 17.2 Å². The maximum Gasteiger partial charge on any atom is 0.340 e. The van der Waals surface area contributed by atoms with Crippen molar-refractivity contribution in [3.05, 3.63) is 82.4 Å². The Bertz CT molecular complexity index is 2020. The van der Waals surface area contributed by atoms with E-state index in [1.165, 1.54) is 59.1 Å². The van der Waals surface area contributed by atoms with Crippen LogP contribution in [0, 0.1) is 21.4 Å². The number of aromatic amines is 1. The fourth-order valence-electron chi connectivity index (χ4n) is 4.49. The fourth-order valence-corrected chi connectivity index (χ4v) is 5.87. The first kappa shape index (κ1) is 46.4. The van der Waals surface area contributed by atoms with E-state index in [2.05, 4.69) is 67.2 Å². The number of H-pyrrole nitrogens is 1. The SMILES string of the molecule is CCOC(=N)C1CC1.CO.COC(=O)c1cc(Br)cc(N)c1N.COC(=O)c1cc(Br)cc([N+](=O)[O-])c1N.COC(=O)c1cc(Br)cc2[nH]c(C3CC3)nc12. The lowest BCUT2D eigenvalue weighted by molar-refractivity contribution is -0.384. The second kappa shape index (κ2) is 21.9. The van der Waals surface area contributed by atoms with Crippen molar-refractivity contribution in [2.75, 3.05) is 52.2 Å². The Labute approximate surface area is 341 Å². The molecule has 1 aromatic heterocycles. The average Bonchev–Trinajstić information content (AvgIpc) is 4.11. The zero-order valence-corrected chi connectivity index (χ0v) is 35.3. The van der Waals surface area contributed by atoms with Crippen molar-refractivity contribution >= 4 is 105 Å². The minimum atomic E-state index is -0.711. The summed E-state index contributed by atoms with van der Waals surface area (Å²) < 4.78 is 20.6. The number of anilines is 3. The molecule has 0 atom stereocenters. The Morgan fingerprint density at radius 2 is 1.31 bits per heavy atom. The Hall–Kier alpha value is -4.79. The second-order valence-corrected chi connectivity index (χ2v) is 14.1. The quantitative estimate of drug-likeness (QED) is 0.0204. The highest BCUT2D eigenvalue weighted by atomic mass is 79.9. The lowest BCUT2D eigenvalue weighted by Crippen LogP contribution is -2.08. The van der Waals surface area contributed by atoms with Crippen LogP contribution in [0.3, 0.4) is 0 Å². The van der Waals surface area contributed by atoms with Gasteiger partial charge in [-0.15, -0.1) is 0 Å². The van der Waals surface area contributed by atoms with Gasteiger partial charge in [0.05, 0.1) is 66.4 Å². The summed E-state index contributed by atoms with van der Waals surface area (Å²) in [6.45, 7) is 2.56. The summed E-state index contributed by atoms with van der Waals surface area (Å²) in [5, 5.41) is 24.8. The van der Waals surface area contributed by atoms with Crippen molar-refractivity contribution in [3.8, 4) is 0 Å². The molecule has 0 unspecified atom stereocenters. The number of carbonyl (C=O) groups is 3. The first-order valence-electron chi connectivity index (χ1n) is 16.2. The maximum atomic E-state index is 11.7. The Morgan fingerprint density at radius 1 is 0.836 bits per heavy atom. The van der Waals surface area contributed by atoms with Crippen LogP contribution in [0.2, 0.25) is 0 Å². The maximum absolute atomic E-state index is 11.7. The first-order valence-corrected chi connectivity index (χ1v) is 18.6. The number of nitrogens with one attached hydrogen (secondary N) is 2. The molecule has 0 aliphatic heterocycles. The summed E-state index contributed by atoms with van der Waals surface area (Å²) in [6, 6.07) is 9.46. The summed E-state index contributed by atoms with van der Waals surface area (Å²) in [7, 11) is 4.84. The number of nitro groups is 1. The molecule has 6 rings (SSSR count). The number of fused-ring (bicyclic) bond motifs is 1. The summed E-state index contributed by atoms with van der Waals surface area (Å²) in [5.41, 5.74) is 19.0. The molecule has 298 valence electrons. The molecule has 2 aliphatic rings. The van der Waals surface area contributed by atoms with Gasteiger partial charge in [-0.05, 0) is 62.9 Å². The fraction of sp³-hybridized carbons (Fsp3) is 0.343. The topological polar surface area (TPSA) is 282 Å². The number of esters is 3. The number of benzene rings is 3. The number of nitrogens with zero attached hydrogens (tertiary/aromatic N) is 2. The van der Waals surface area contributed by atoms with E-state index in [-0.39, 0.29) is 34.2 Å². The first-order chi connectivity index (χ1) is 26.1. The molecule has 0 radical (unpaired) electrons. The van der Waals surface area contributed by atoms with Gasteiger partial charge in [0.2, 0.25) is 0 Å². The van der Waals surface area contributed by atoms with Gasteiger partial charge >= 0.3 is 17.9 Å². The molecule has 55 heavy (non-hydrogen) atoms. The second-order valence-electron chi connectivity index (χ2n) is 11.4. The van der Waals surface area contributed by atoms with Gasteiger partial charge in [-0.1, -0.05) is 47.8 Å². The van der Waals surface area contributed by atoms with Crippen molar-refractivity contribution in [3.63, 3.8) is 0 Å². The molecule has 4 aromatic rings. The third-order valence-electron chi connectivity index (χ3n) is 7.49. The number of rotatable bonds is 7. The molecular formula is C35H42Br3N7O10. The number of hydrogen-bond acceptors (Lipinski definition) is 15. The molecule has 2 aliphatic carbocycles. The van der Waals surface area contributed by atoms with Crippen molar-refractivity contribution in [2.45, 2.75) is 38.5 Å².